The third-order valence-corrected chi connectivity index (χ3v) is 4.03. The highest BCUT2D eigenvalue weighted by Crippen LogP contribution is 2.32. The summed E-state index contributed by atoms with van der Waals surface area (Å²) in [6.45, 7) is 5.50. The molecule has 0 unspecified atom stereocenters. The molecule has 0 aromatic heterocycles. The number of hydrogen-bond acceptors (Lipinski definition) is 1. The minimum Gasteiger partial charge on any atom is -0.313 e. The molecule has 0 heterocycles. The van der Waals surface area contributed by atoms with E-state index in [9.17, 15) is 4.39 Å². The quantitative estimate of drug-likeness (QED) is 0.705. The number of hydrogen-bond donors (Lipinski definition) is 1. The predicted octanol–water partition coefficient (Wildman–Crippen LogP) is 5.61. The van der Waals surface area contributed by atoms with Crippen molar-refractivity contribution >= 4 is 23.2 Å². The number of halogens is 3. The Balaban J connectivity index is 2.36. The normalized spacial score (nSPS) is 10.9. The van der Waals surface area contributed by atoms with Gasteiger partial charge in [-0.3, -0.25) is 0 Å². The fraction of sp³-hybridized carbons (Fsp3) is 0.294. The summed E-state index contributed by atoms with van der Waals surface area (Å²) in [7, 11) is 0. The average Bonchev–Trinajstić information content (AvgIpc) is 2.45. The van der Waals surface area contributed by atoms with Gasteiger partial charge in [0.2, 0.25) is 0 Å². The monoisotopic (exact) mass is 325 g/mol. The van der Waals surface area contributed by atoms with E-state index in [0.29, 0.717) is 17.1 Å². The second-order valence-corrected chi connectivity index (χ2v) is 5.88. The van der Waals surface area contributed by atoms with Gasteiger partial charge in [-0.05, 0) is 60.8 Å². The fourth-order valence-electron chi connectivity index (χ4n) is 2.16. The topological polar surface area (TPSA) is 12.0 Å². The van der Waals surface area contributed by atoms with Gasteiger partial charge in [0.05, 0.1) is 5.02 Å². The number of aryl methyl sites for hydroxylation is 1. The fourth-order valence-corrected chi connectivity index (χ4v) is 2.60. The van der Waals surface area contributed by atoms with Crippen molar-refractivity contribution in [1.82, 2.24) is 5.32 Å². The smallest absolute Gasteiger partial charge is 0.127 e. The third kappa shape index (κ3) is 3.97. The van der Waals surface area contributed by atoms with E-state index in [4.69, 9.17) is 23.2 Å². The van der Waals surface area contributed by atoms with Gasteiger partial charge in [0, 0.05) is 17.1 Å². The number of benzene rings is 2. The van der Waals surface area contributed by atoms with Crippen molar-refractivity contribution in [3.8, 4) is 11.1 Å². The molecular formula is C17H18Cl2FN. The Morgan fingerprint density at radius 1 is 1.10 bits per heavy atom. The summed E-state index contributed by atoms with van der Waals surface area (Å²) >= 11 is 12.4. The van der Waals surface area contributed by atoms with E-state index >= 15 is 0 Å². The summed E-state index contributed by atoms with van der Waals surface area (Å²) < 4.78 is 13.5. The lowest BCUT2D eigenvalue weighted by Crippen LogP contribution is -2.14. The lowest BCUT2D eigenvalue weighted by molar-refractivity contribution is 0.619. The molecule has 0 fully saturated rings. The van der Waals surface area contributed by atoms with Crippen molar-refractivity contribution in [1.29, 1.82) is 0 Å². The van der Waals surface area contributed by atoms with Crippen LogP contribution in [-0.2, 0) is 6.54 Å². The van der Waals surface area contributed by atoms with E-state index in [-0.39, 0.29) is 5.82 Å². The Hall–Kier alpha value is -1.09. The highest BCUT2D eigenvalue weighted by molar-refractivity contribution is 6.33. The molecule has 0 spiro atoms. The van der Waals surface area contributed by atoms with Gasteiger partial charge in [-0.25, -0.2) is 4.39 Å². The zero-order valence-corrected chi connectivity index (χ0v) is 13.7. The van der Waals surface area contributed by atoms with Crippen LogP contribution in [0.15, 0.2) is 30.3 Å². The van der Waals surface area contributed by atoms with E-state index in [0.717, 1.165) is 34.7 Å². The molecule has 21 heavy (non-hydrogen) atoms. The molecule has 0 saturated heterocycles. The van der Waals surface area contributed by atoms with Crippen LogP contribution in [0.4, 0.5) is 4.39 Å². The molecule has 0 atom stereocenters. The first-order valence-electron chi connectivity index (χ1n) is 6.98. The summed E-state index contributed by atoms with van der Waals surface area (Å²) in [6, 6.07) is 8.89. The van der Waals surface area contributed by atoms with Crippen LogP contribution in [0.3, 0.4) is 0 Å². The molecule has 0 aliphatic rings. The lowest BCUT2D eigenvalue weighted by atomic mass is 10.0. The van der Waals surface area contributed by atoms with E-state index in [1.54, 1.807) is 13.0 Å². The standard InChI is InChI=1S/C17H18Cl2FN/c1-3-6-21-10-13-8-12(4-5-15(13)18)14-7-11(2)17(20)9-16(14)19/h4-5,7-9,21H,3,6,10H2,1-2H3. The van der Waals surface area contributed by atoms with Crippen LogP contribution < -0.4 is 5.32 Å². The second kappa shape index (κ2) is 7.26. The van der Waals surface area contributed by atoms with Gasteiger partial charge >= 0.3 is 0 Å². The summed E-state index contributed by atoms with van der Waals surface area (Å²) in [4.78, 5) is 0. The number of rotatable bonds is 5. The zero-order valence-electron chi connectivity index (χ0n) is 12.1. The molecule has 0 aliphatic carbocycles. The predicted molar refractivity (Wildman–Crippen MR) is 88.6 cm³/mol. The Morgan fingerprint density at radius 3 is 2.57 bits per heavy atom. The molecule has 1 nitrogen and oxygen atoms in total. The molecule has 0 amide bonds. The van der Waals surface area contributed by atoms with Gasteiger partial charge in [0.15, 0.2) is 0 Å². The molecule has 4 heteroatoms. The average molecular weight is 326 g/mol. The van der Waals surface area contributed by atoms with Gasteiger partial charge in [-0.15, -0.1) is 0 Å². The summed E-state index contributed by atoms with van der Waals surface area (Å²) in [5.74, 6) is -0.289. The maximum Gasteiger partial charge on any atom is 0.127 e. The van der Waals surface area contributed by atoms with E-state index in [1.807, 2.05) is 18.2 Å². The van der Waals surface area contributed by atoms with Crippen LogP contribution in [0.2, 0.25) is 10.0 Å². The van der Waals surface area contributed by atoms with Crippen molar-refractivity contribution in [3.05, 3.63) is 57.3 Å². The van der Waals surface area contributed by atoms with Gasteiger partial charge in [-0.2, -0.15) is 0 Å². The molecular weight excluding hydrogens is 308 g/mol. The molecule has 2 aromatic carbocycles. The van der Waals surface area contributed by atoms with Gasteiger partial charge in [0.1, 0.15) is 5.82 Å². The highest BCUT2D eigenvalue weighted by Gasteiger charge is 2.10. The Bertz CT molecular complexity index is 641. The van der Waals surface area contributed by atoms with Crippen LogP contribution in [0.1, 0.15) is 24.5 Å². The van der Waals surface area contributed by atoms with Gasteiger partial charge in [0.25, 0.3) is 0 Å². The molecule has 2 aromatic rings. The Labute approximate surface area is 135 Å². The molecule has 0 aliphatic heterocycles. The third-order valence-electron chi connectivity index (χ3n) is 3.35. The molecule has 112 valence electrons. The van der Waals surface area contributed by atoms with E-state index in [1.165, 1.54) is 6.07 Å². The minimum absolute atomic E-state index is 0.289. The first kappa shape index (κ1) is 16.3. The molecule has 2 rings (SSSR count). The van der Waals surface area contributed by atoms with E-state index in [2.05, 4.69) is 12.2 Å². The maximum absolute atomic E-state index is 13.5. The summed E-state index contributed by atoms with van der Waals surface area (Å²) in [5.41, 5.74) is 3.36. The second-order valence-electron chi connectivity index (χ2n) is 5.06. The molecule has 0 bridgehead atoms. The minimum atomic E-state index is -0.289. The van der Waals surface area contributed by atoms with Crippen LogP contribution in [0, 0.1) is 12.7 Å². The van der Waals surface area contributed by atoms with E-state index < -0.39 is 0 Å². The van der Waals surface area contributed by atoms with Crippen molar-refractivity contribution in [2.24, 2.45) is 0 Å². The van der Waals surface area contributed by atoms with Crippen molar-refractivity contribution in [2.45, 2.75) is 26.8 Å². The largest absolute Gasteiger partial charge is 0.313 e. The van der Waals surface area contributed by atoms with Gasteiger partial charge < -0.3 is 5.32 Å². The Morgan fingerprint density at radius 2 is 1.86 bits per heavy atom. The Kier molecular flexibility index (Phi) is 5.63. The maximum atomic E-state index is 13.5. The van der Waals surface area contributed by atoms with Crippen LogP contribution >= 0.6 is 23.2 Å². The number of nitrogens with one attached hydrogen (secondary N) is 1. The lowest BCUT2D eigenvalue weighted by Gasteiger charge is -2.11. The molecule has 0 radical (unpaired) electrons. The van der Waals surface area contributed by atoms with Gasteiger partial charge in [-0.1, -0.05) is 36.2 Å². The zero-order chi connectivity index (χ0) is 15.4. The van der Waals surface area contributed by atoms with Crippen molar-refractivity contribution in [3.63, 3.8) is 0 Å². The molecule has 1 N–H and O–H groups in total. The first-order valence-corrected chi connectivity index (χ1v) is 7.73. The molecule has 0 saturated carbocycles. The summed E-state index contributed by atoms with van der Waals surface area (Å²) in [6.07, 6.45) is 1.07. The summed E-state index contributed by atoms with van der Waals surface area (Å²) in [5, 5.41) is 4.46. The van der Waals surface area contributed by atoms with Crippen LogP contribution in [-0.4, -0.2) is 6.54 Å². The van der Waals surface area contributed by atoms with Crippen molar-refractivity contribution in [2.75, 3.05) is 6.54 Å². The van der Waals surface area contributed by atoms with Crippen LogP contribution in [0.25, 0.3) is 11.1 Å². The SMILES string of the molecule is CCCNCc1cc(-c2cc(C)c(F)cc2Cl)ccc1Cl. The highest BCUT2D eigenvalue weighted by atomic mass is 35.5. The first-order chi connectivity index (χ1) is 10.0. The van der Waals surface area contributed by atoms with Crippen molar-refractivity contribution < 1.29 is 4.39 Å². The van der Waals surface area contributed by atoms with Crippen LogP contribution in [0.5, 0.6) is 0 Å².